The molecular formula is C22H28ClN3O. The zero-order valence-corrected chi connectivity index (χ0v) is 17.0. The number of piperidine rings is 1. The van der Waals surface area contributed by atoms with Crippen LogP contribution in [-0.4, -0.2) is 29.9 Å². The molecule has 1 fully saturated rings. The topological polar surface area (TPSA) is 58.4 Å². The van der Waals surface area contributed by atoms with Crippen molar-refractivity contribution >= 4 is 23.2 Å². The number of rotatable bonds is 4. The maximum atomic E-state index is 13.1. The van der Waals surface area contributed by atoms with E-state index in [1.807, 2.05) is 18.2 Å². The zero-order valence-electron chi connectivity index (χ0n) is 16.2. The smallest absolute Gasteiger partial charge is 0.255 e. The first-order valence-electron chi connectivity index (χ1n) is 9.44. The molecule has 0 bridgehead atoms. The van der Waals surface area contributed by atoms with Gasteiger partial charge in [0.2, 0.25) is 0 Å². The highest BCUT2D eigenvalue weighted by Gasteiger charge is 2.43. The molecule has 0 aromatic heterocycles. The molecule has 1 amide bonds. The molecule has 1 aliphatic heterocycles. The van der Waals surface area contributed by atoms with E-state index >= 15 is 0 Å². The van der Waals surface area contributed by atoms with Crippen LogP contribution >= 0.6 is 11.6 Å². The molecule has 0 spiro atoms. The number of likely N-dealkylation sites (tertiary alicyclic amines) is 1. The predicted octanol–water partition coefficient (Wildman–Crippen LogP) is 4.51. The molecule has 2 aromatic rings. The Balaban J connectivity index is 1.98. The van der Waals surface area contributed by atoms with Crippen molar-refractivity contribution in [1.82, 2.24) is 10.2 Å². The van der Waals surface area contributed by atoms with E-state index in [0.717, 1.165) is 24.9 Å². The van der Waals surface area contributed by atoms with E-state index in [4.69, 9.17) is 17.3 Å². The van der Waals surface area contributed by atoms with Crippen LogP contribution in [0.1, 0.15) is 48.7 Å². The first-order valence-corrected chi connectivity index (χ1v) is 9.81. The van der Waals surface area contributed by atoms with Crippen LogP contribution in [0.2, 0.25) is 5.02 Å². The van der Waals surface area contributed by atoms with E-state index in [0.29, 0.717) is 22.2 Å². The Bertz CT molecular complexity index is 790. The summed E-state index contributed by atoms with van der Waals surface area (Å²) in [5.74, 6) is 0.412. The van der Waals surface area contributed by atoms with Crippen LogP contribution in [0.5, 0.6) is 0 Å². The number of halogens is 1. The lowest BCUT2D eigenvalue weighted by atomic mass is 9.76. The van der Waals surface area contributed by atoms with Crippen molar-refractivity contribution in [3.63, 3.8) is 0 Å². The van der Waals surface area contributed by atoms with Crippen molar-refractivity contribution in [3.8, 4) is 0 Å². The molecule has 2 aromatic carbocycles. The Labute approximate surface area is 166 Å². The van der Waals surface area contributed by atoms with Gasteiger partial charge in [-0.25, -0.2) is 0 Å². The van der Waals surface area contributed by atoms with Crippen LogP contribution < -0.4 is 11.1 Å². The van der Waals surface area contributed by atoms with Gasteiger partial charge in [0.1, 0.15) is 0 Å². The standard InChI is InChI=1S/C22H28ClN3O/c1-15-12-13-22(2,26(3)14-15)20(16-8-5-4-6-9-16)25-21(27)19-17(23)10-7-11-18(19)24/h4-11,15,20H,12-14,24H2,1-3H3,(H,25,27). The fraction of sp³-hybridized carbons (Fsp3) is 0.409. The lowest BCUT2D eigenvalue weighted by Gasteiger charge is -2.50. The van der Waals surface area contributed by atoms with Crippen LogP contribution in [0.3, 0.4) is 0 Å². The summed E-state index contributed by atoms with van der Waals surface area (Å²) in [6, 6.07) is 15.1. The maximum absolute atomic E-state index is 13.1. The van der Waals surface area contributed by atoms with Crippen LogP contribution in [0.15, 0.2) is 48.5 Å². The van der Waals surface area contributed by atoms with Crippen molar-refractivity contribution in [2.45, 2.75) is 38.3 Å². The van der Waals surface area contributed by atoms with E-state index in [1.165, 1.54) is 0 Å². The summed E-state index contributed by atoms with van der Waals surface area (Å²) < 4.78 is 0. The Hall–Kier alpha value is -2.04. The molecule has 27 heavy (non-hydrogen) atoms. The number of carbonyl (C=O) groups is 1. The maximum Gasteiger partial charge on any atom is 0.255 e. The molecule has 3 N–H and O–H groups in total. The molecule has 3 rings (SSSR count). The number of nitrogen functional groups attached to an aromatic ring is 1. The van der Waals surface area contributed by atoms with Crippen LogP contribution in [0.4, 0.5) is 5.69 Å². The van der Waals surface area contributed by atoms with Gasteiger partial charge in [0.05, 0.1) is 16.6 Å². The van der Waals surface area contributed by atoms with Gasteiger partial charge in [-0.1, -0.05) is 54.9 Å². The van der Waals surface area contributed by atoms with Crippen LogP contribution in [0, 0.1) is 5.92 Å². The summed E-state index contributed by atoms with van der Waals surface area (Å²) in [6.07, 6.45) is 2.14. The van der Waals surface area contributed by atoms with E-state index in [9.17, 15) is 4.79 Å². The highest BCUT2D eigenvalue weighted by molar-refractivity contribution is 6.34. The second kappa shape index (κ2) is 7.91. The van der Waals surface area contributed by atoms with Crippen molar-refractivity contribution in [3.05, 3.63) is 64.7 Å². The second-order valence-corrected chi connectivity index (χ2v) is 8.31. The number of hydrogen-bond acceptors (Lipinski definition) is 3. The first-order chi connectivity index (χ1) is 12.8. The highest BCUT2D eigenvalue weighted by Crippen LogP contribution is 2.39. The quantitative estimate of drug-likeness (QED) is 0.761. The lowest BCUT2D eigenvalue weighted by Crippen LogP contribution is -2.57. The first kappa shape index (κ1) is 19.7. The summed E-state index contributed by atoms with van der Waals surface area (Å²) in [5.41, 5.74) is 7.66. The number of hydrogen-bond donors (Lipinski definition) is 2. The number of carbonyl (C=O) groups excluding carboxylic acids is 1. The van der Waals surface area contributed by atoms with Gasteiger partial charge in [-0.2, -0.15) is 0 Å². The van der Waals surface area contributed by atoms with Crippen molar-refractivity contribution in [1.29, 1.82) is 0 Å². The highest BCUT2D eigenvalue weighted by atomic mass is 35.5. The molecular weight excluding hydrogens is 358 g/mol. The SMILES string of the molecule is CC1CCC(C)(C(NC(=O)c2c(N)cccc2Cl)c2ccccc2)N(C)C1. The second-order valence-electron chi connectivity index (χ2n) is 7.90. The fourth-order valence-corrected chi connectivity index (χ4v) is 4.36. The number of nitrogens with zero attached hydrogens (tertiary/aromatic N) is 1. The third-order valence-corrected chi connectivity index (χ3v) is 6.22. The van der Waals surface area contributed by atoms with Gasteiger partial charge >= 0.3 is 0 Å². The normalized spacial score (nSPS) is 24.4. The van der Waals surface area contributed by atoms with Gasteiger partial charge in [0.15, 0.2) is 0 Å². The number of amides is 1. The number of anilines is 1. The van der Waals surface area contributed by atoms with E-state index in [1.54, 1.807) is 18.2 Å². The molecule has 0 radical (unpaired) electrons. The molecule has 5 heteroatoms. The number of likely N-dealkylation sites (N-methyl/N-ethyl adjacent to an activating group) is 1. The minimum absolute atomic E-state index is 0.167. The average Bonchev–Trinajstić information content (AvgIpc) is 2.64. The molecule has 3 atom stereocenters. The van der Waals surface area contributed by atoms with Crippen molar-refractivity contribution in [2.24, 2.45) is 5.92 Å². The van der Waals surface area contributed by atoms with Gasteiger partial charge in [0, 0.05) is 17.8 Å². The average molecular weight is 386 g/mol. The summed E-state index contributed by atoms with van der Waals surface area (Å²) >= 11 is 6.27. The predicted molar refractivity (Wildman–Crippen MR) is 112 cm³/mol. The number of nitrogens with two attached hydrogens (primary N) is 1. The Morgan fingerprint density at radius 2 is 1.96 bits per heavy atom. The van der Waals surface area contributed by atoms with Crippen molar-refractivity contribution < 1.29 is 4.79 Å². The minimum Gasteiger partial charge on any atom is -0.398 e. The van der Waals surface area contributed by atoms with Gasteiger partial charge < -0.3 is 11.1 Å². The van der Waals surface area contributed by atoms with Crippen molar-refractivity contribution in [2.75, 3.05) is 19.3 Å². The Morgan fingerprint density at radius 1 is 1.26 bits per heavy atom. The molecule has 1 saturated heterocycles. The molecule has 0 aliphatic carbocycles. The van der Waals surface area contributed by atoms with Gasteiger partial charge in [0.25, 0.3) is 5.91 Å². The molecule has 4 nitrogen and oxygen atoms in total. The molecule has 144 valence electrons. The summed E-state index contributed by atoms with van der Waals surface area (Å²) in [7, 11) is 2.14. The van der Waals surface area contributed by atoms with E-state index in [2.05, 4.69) is 43.2 Å². The minimum atomic E-state index is -0.236. The van der Waals surface area contributed by atoms with Crippen LogP contribution in [0.25, 0.3) is 0 Å². The van der Waals surface area contributed by atoms with Crippen LogP contribution in [-0.2, 0) is 0 Å². The summed E-state index contributed by atoms with van der Waals surface area (Å²) in [5, 5.41) is 3.61. The van der Waals surface area contributed by atoms with E-state index < -0.39 is 0 Å². The largest absolute Gasteiger partial charge is 0.398 e. The summed E-state index contributed by atoms with van der Waals surface area (Å²) in [6.45, 7) is 5.51. The summed E-state index contributed by atoms with van der Waals surface area (Å²) in [4.78, 5) is 15.5. The van der Waals surface area contributed by atoms with Gasteiger partial charge in [-0.05, 0) is 50.4 Å². The monoisotopic (exact) mass is 385 g/mol. The molecule has 1 heterocycles. The van der Waals surface area contributed by atoms with Gasteiger partial charge in [-0.15, -0.1) is 0 Å². The third kappa shape index (κ3) is 3.97. The Kier molecular flexibility index (Phi) is 5.78. The van der Waals surface area contributed by atoms with E-state index in [-0.39, 0.29) is 17.5 Å². The number of nitrogens with one attached hydrogen (secondary N) is 1. The Morgan fingerprint density at radius 3 is 2.59 bits per heavy atom. The lowest BCUT2D eigenvalue weighted by molar-refractivity contribution is 0.0276. The molecule has 3 unspecified atom stereocenters. The fourth-order valence-electron chi connectivity index (χ4n) is 4.09. The van der Waals surface area contributed by atoms with Gasteiger partial charge in [-0.3, -0.25) is 9.69 Å². The zero-order chi connectivity index (χ0) is 19.6. The number of benzene rings is 2. The molecule has 0 saturated carbocycles. The third-order valence-electron chi connectivity index (χ3n) is 5.90. The molecule has 1 aliphatic rings.